The van der Waals surface area contributed by atoms with Crippen LogP contribution in [-0.4, -0.2) is 0 Å². The van der Waals surface area contributed by atoms with Crippen LogP contribution in [0.25, 0.3) is 66.1 Å². The highest BCUT2D eigenvalue weighted by molar-refractivity contribution is 6.17. The molecule has 1 aromatic heterocycles. The van der Waals surface area contributed by atoms with E-state index >= 15 is 0 Å². The Morgan fingerprint density at radius 2 is 0.896 bits per heavy atom. The molecule has 0 saturated heterocycles. The van der Waals surface area contributed by atoms with E-state index < -0.39 is 0 Å². The number of furan rings is 1. The summed E-state index contributed by atoms with van der Waals surface area (Å²) in [4.78, 5) is 2.32. The third-order valence-electron chi connectivity index (χ3n) is 9.27. The monoisotopic (exact) mass is 613 g/mol. The van der Waals surface area contributed by atoms with Crippen LogP contribution in [0.1, 0.15) is 0 Å². The maximum Gasteiger partial charge on any atom is 0.160 e. The molecule has 1 heterocycles. The molecule has 0 amide bonds. The topological polar surface area (TPSA) is 16.4 Å². The summed E-state index contributed by atoms with van der Waals surface area (Å²) in [7, 11) is 0. The van der Waals surface area contributed by atoms with Gasteiger partial charge in [0.05, 0.1) is 5.69 Å². The standard InChI is InChI=1S/C46H31NO/c1-3-11-32(12-4-1)35-21-25-39(26-22-35)47(40-27-23-36(24-28-40)33-13-5-2-6-14-33)43-30-29-41(38-20-19-34-15-7-8-16-37(34)31-38)45-42-17-9-10-18-44(42)48-46(43)45/h1-31H. The molecule has 2 nitrogen and oxygen atoms in total. The predicted octanol–water partition coefficient (Wildman–Crippen LogP) is 13.2. The Bertz CT molecular complexity index is 2450. The van der Waals surface area contributed by atoms with E-state index in [4.69, 9.17) is 4.42 Å². The lowest BCUT2D eigenvalue weighted by Gasteiger charge is -2.26. The molecule has 0 spiro atoms. The molecule has 0 N–H and O–H groups in total. The van der Waals surface area contributed by atoms with Gasteiger partial charge in [-0.1, -0.05) is 146 Å². The van der Waals surface area contributed by atoms with Gasteiger partial charge in [0.1, 0.15) is 5.58 Å². The number of para-hydroxylation sites is 1. The minimum Gasteiger partial charge on any atom is -0.454 e. The van der Waals surface area contributed by atoms with Gasteiger partial charge >= 0.3 is 0 Å². The molecule has 48 heavy (non-hydrogen) atoms. The van der Waals surface area contributed by atoms with Gasteiger partial charge in [0.2, 0.25) is 0 Å². The van der Waals surface area contributed by atoms with Crippen molar-refractivity contribution >= 4 is 49.8 Å². The SMILES string of the molecule is c1ccc(-c2ccc(N(c3ccc(-c4ccccc4)cc3)c3ccc(-c4ccc5ccccc5c4)c4c3oc3ccccc34)cc2)cc1. The summed E-state index contributed by atoms with van der Waals surface area (Å²) in [5, 5.41) is 4.68. The van der Waals surface area contributed by atoms with E-state index in [1.807, 2.05) is 6.07 Å². The lowest BCUT2D eigenvalue weighted by molar-refractivity contribution is 0.669. The average Bonchev–Trinajstić information content (AvgIpc) is 3.56. The first-order chi connectivity index (χ1) is 23.8. The number of nitrogens with zero attached hydrogens (tertiary/aromatic N) is 1. The fourth-order valence-electron chi connectivity index (χ4n) is 6.88. The Morgan fingerprint density at radius 3 is 1.54 bits per heavy atom. The number of fused-ring (bicyclic) bond motifs is 4. The molecule has 0 aliphatic rings. The van der Waals surface area contributed by atoms with Crippen LogP contribution >= 0.6 is 0 Å². The second-order valence-electron chi connectivity index (χ2n) is 12.2. The average molecular weight is 614 g/mol. The Labute approximate surface area is 279 Å². The van der Waals surface area contributed by atoms with Gasteiger partial charge in [-0.05, 0) is 86.6 Å². The Balaban J connectivity index is 1.25. The van der Waals surface area contributed by atoms with Crippen LogP contribution < -0.4 is 4.90 Å². The maximum atomic E-state index is 6.80. The quantitative estimate of drug-likeness (QED) is 0.185. The molecule has 0 unspecified atom stereocenters. The first kappa shape index (κ1) is 27.9. The molecule has 0 atom stereocenters. The van der Waals surface area contributed by atoms with Crippen molar-refractivity contribution < 1.29 is 4.42 Å². The normalized spacial score (nSPS) is 11.3. The van der Waals surface area contributed by atoms with E-state index in [1.54, 1.807) is 0 Å². The molecule has 2 heteroatoms. The van der Waals surface area contributed by atoms with Crippen molar-refractivity contribution in [2.75, 3.05) is 4.90 Å². The zero-order valence-electron chi connectivity index (χ0n) is 26.3. The molecule has 226 valence electrons. The van der Waals surface area contributed by atoms with Gasteiger partial charge in [0, 0.05) is 22.1 Å². The molecule has 0 aliphatic carbocycles. The summed E-state index contributed by atoms with van der Waals surface area (Å²) in [5.74, 6) is 0. The van der Waals surface area contributed by atoms with Gasteiger partial charge in [-0.3, -0.25) is 0 Å². The van der Waals surface area contributed by atoms with Crippen molar-refractivity contribution in [2.45, 2.75) is 0 Å². The summed E-state index contributed by atoms with van der Waals surface area (Å²) in [5.41, 5.74) is 11.9. The van der Waals surface area contributed by atoms with Crippen molar-refractivity contribution in [1.29, 1.82) is 0 Å². The minimum atomic E-state index is 0.862. The van der Waals surface area contributed by atoms with Crippen LogP contribution in [0.4, 0.5) is 17.1 Å². The molecule has 9 rings (SSSR count). The summed E-state index contributed by atoms with van der Waals surface area (Å²) >= 11 is 0. The van der Waals surface area contributed by atoms with Crippen LogP contribution in [0.2, 0.25) is 0 Å². The number of rotatable bonds is 6. The predicted molar refractivity (Wildman–Crippen MR) is 202 cm³/mol. The number of hydrogen-bond donors (Lipinski definition) is 0. The Kier molecular flexibility index (Phi) is 6.84. The molecule has 0 fully saturated rings. The molecule has 9 aromatic rings. The van der Waals surface area contributed by atoms with Gasteiger partial charge in [0.25, 0.3) is 0 Å². The summed E-state index contributed by atoms with van der Waals surface area (Å²) < 4.78 is 6.80. The molecule has 0 aliphatic heterocycles. The first-order valence-electron chi connectivity index (χ1n) is 16.3. The van der Waals surface area contributed by atoms with E-state index in [1.165, 1.54) is 38.6 Å². The fourth-order valence-corrected chi connectivity index (χ4v) is 6.88. The minimum absolute atomic E-state index is 0.862. The van der Waals surface area contributed by atoms with Crippen LogP contribution in [0, 0.1) is 0 Å². The second-order valence-corrected chi connectivity index (χ2v) is 12.2. The van der Waals surface area contributed by atoms with E-state index in [0.29, 0.717) is 0 Å². The number of hydrogen-bond acceptors (Lipinski definition) is 2. The van der Waals surface area contributed by atoms with Crippen molar-refractivity contribution in [3.05, 3.63) is 188 Å². The van der Waals surface area contributed by atoms with Crippen LogP contribution in [-0.2, 0) is 0 Å². The van der Waals surface area contributed by atoms with Gasteiger partial charge in [-0.25, -0.2) is 0 Å². The number of benzene rings is 8. The van der Waals surface area contributed by atoms with Crippen molar-refractivity contribution in [2.24, 2.45) is 0 Å². The van der Waals surface area contributed by atoms with Crippen LogP contribution in [0.3, 0.4) is 0 Å². The molecular weight excluding hydrogens is 583 g/mol. The molecule has 8 aromatic carbocycles. The van der Waals surface area contributed by atoms with Crippen LogP contribution in [0.15, 0.2) is 192 Å². The van der Waals surface area contributed by atoms with Crippen molar-refractivity contribution in [3.63, 3.8) is 0 Å². The first-order valence-corrected chi connectivity index (χ1v) is 16.3. The molecule has 0 saturated carbocycles. The van der Waals surface area contributed by atoms with Gasteiger partial charge in [-0.15, -0.1) is 0 Å². The molecule has 0 radical (unpaired) electrons. The lowest BCUT2D eigenvalue weighted by atomic mass is 9.96. The molecule has 0 bridgehead atoms. The molecular formula is C46H31NO. The second kappa shape index (κ2) is 11.8. The third-order valence-corrected chi connectivity index (χ3v) is 9.27. The highest BCUT2D eigenvalue weighted by Crippen LogP contribution is 2.46. The zero-order chi connectivity index (χ0) is 31.9. The zero-order valence-corrected chi connectivity index (χ0v) is 26.3. The van der Waals surface area contributed by atoms with E-state index in [9.17, 15) is 0 Å². The van der Waals surface area contributed by atoms with E-state index in [0.717, 1.165) is 44.6 Å². The maximum absolute atomic E-state index is 6.80. The lowest BCUT2D eigenvalue weighted by Crippen LogP contribution is -2.10. The highest BCUT2D eigenvalue weighted by Gasteiger charge is 2.22. The van der Waals surface area contributed by atoms with Gasteiger partial charge in [0.15, 0.2) is 5.58 Å². The van der Waals surface area contributed by atoms with Crippen molar-refractivity contribution in [1.82, 2.24) is 0 Å². The van der Waals surface area contributed by atoms with Gasteiger partial charge < -0.3 is 9.32 Å². The summed E-state index contributed by atoms with van der Waals surface area (Å²) in [6, 6.07) is 66.8. The van der Waals surface area contributed by atoms with Crippen LogP contribution in [0.5, 0.6) is 0 Å². The fraction of sp³-hybridized carbons (Fsp3) is 0. The number of anilines is 3. The van der Waals surface area contributed by atoms with E-state index in [2.05, 4.69) is 187 Å². The van der Waals surface area contributed by atoms with Gasteiger partial charge in [-0.2, -0.15) is 0 Å². The van der Waals surface area contributed by atoms with Crippen molar-refractivity contribution in [3.8, 4) is 33.4 Å². The Morgan fingerprint density at radius 1 is 0.375 bits per heavy atom. The summed E-state index contributed by atoms with van der Waals surface area (Å²) in [6.45, 7) is 0. The Hall–Kier alpha value is -6.38. The highest BCUT2D eigenvalue weighted by atomic mass is 16.3. The smallest absolute Gasteiger partial charge is 0.160 e. The third kappa shape index (κ3) is 4.92. The largest absolute Gasteiger partial charge is 0.454 e. The summed E-state index contributed by atoms with van der Waals surface area (Å²) in [6.07, 6.45) is 0. The van der Waals surface area contributed by atoms with E-state index in [-0.39, 0.29) is 0 Å².